The van der Waals surface area contributed by atoms with E-state index in [0.29, 0.717) is 0 Å². The summed E-state index contributed by atoms with van der Waals surface area (Å²) in [6, 6.07) is 18.2. The number of rotatable bonds is 2. The Kier molecular flexibility index (Phi) is 2.26. The predicted molar refractivity (Wildman–Crippen MR) is 69.5 cm³/mol. The quantitative estimate of drug-likeness (QED) is 0.608. The maximum absolute atomic E-state index is 10.9. The number of nitrogens with zero attached hydrogens (tertiary/aromatic N) is 1. The Hall–Kier alpha value is -2.35. The third-order valence-electron chi connectivity index (χ3n) is 2.94. The van der Waals surface area contributed by atoms with Gasteiger partial charge in [-0.1, -0.05) is 42.5 Å². The topological polar surface area (TPSA) is 22.0 Å². The van der Waals surface area contributed by atoms with E-state index in [4.69, 9.17) is 0 Å². The highest BCUT2D eigenvalue weighted by Crippen LogP contribution is 2.24. The van der Waals surface area contributed by atoms with Crippen LogP contribution in [-0.2, 0) is 4.79 Å². The van der Waals surface area contributed by atoms with Gasteiger partial charge in [0.15, 0.2) is 0 Å². The van der Waals surface area contributed by atoms with Crippen molar-refractivity contribution in [3.8, 4) is 11.1 Å². The third kappa shape index (κ3) is 1.64. The molecule has 0 spiro atoms. The van der Waals surface area contributed by atoms with Gasteiger partial charge in [-0.15, -0.1) is 0 Å². The minimum atomic E-state index is 0.830. The van der Waals surface area contributed by atoms with Crippen LogP contribution in [-0.4, -0.2) is 11.0 Å². The number of benzene rings is 2. The zero-order valence-electron chi connectivity index (χ0n) is 9.21. The Balaban J connectivity index is 2.22. The van der Waals surface area contributed by atoms with Crippen LogP contribution in [0.25, 0.3) is 22.0 Å². The van der Waals surface area contributed by atoms with Crippen LogP contribution in [0.5, 0.6) is 0 Å². The van der Waals surface area contributed by atoms with Gasteiger partial charge in [-0.2, -0.15) is 0 Å². The first-order valence-electron chi connectivity index (χ1n) is 5.50. The highest BCUT2D eigenvalue weighted by Gasteiger charge is 2.02. The smallest absolute Gasteiger partial charge is 0.218 e. The average molecular weight is 221 g/mol. The average Bonchev–Trinajstić information content (AvgIpc) is 2.81. The van der Waals surface area contributed by atoms with Crippen molar-refractivity contribution in [2.24, 2.45) is 0 Å². The lowest BCUT2D eigenvalue weighted by Gasteiger charge is -2.02. The maximum Gasteiger partial charge on any atom is 0.218 e. The molecule has 0 saturated carbocycles. The van der Waals surface area contributed by atoms with Gasteiger partial charge in [0, 0.05) is 11.6 Å². The van der Waals surface area contributed by atoms with Gasteiger partial charge in [0.1, 0.15) is 0 Å². The van der Waals surface area contributed by atoms with Crippen LogP contribution >= 0.6 is 0 Å². The molecule has 0 bridgehead atoms. The van der Waals surface area contributed by atoms with Gasteiger partial charge in [0.2, 0.25) is 6.41 Å². The summed E-state index contributed by atoms with van der Waals surface area (Å²) in [7, 11) is 0. The fraction of sp³-hybridized carbons (Fsp3) is 0. The van der Waals surface area contributed by atoms with Gasteiger partial charge in [0.25, 0.3) is 0 Å². The molecule has 2 nitrogen and oxygen atoms in total. The predicted octanol–water partition coefficient (Wildman–Crippen LogP) is 3.35. The Morgan fingerprint density at radius 2 is 1.71 bits per heavy atom. The monoisotopic (exact) mass is 221 g/mol. The summed E-state index contributed by atoms with van der Waals surface area (Å²) in [5.41, 5.74) is 3.23. The SMILES string of the molecule is O=Cn1ccc2ccc(-c3ccccc3)cc21. The first-order valence-corrected chi connectivity index (χ1v) is 5.50. The lowest BCUT2D eigenvalue weighted by Crippen LogP contribution is -1.91. The van der Waals surface area contributed by atoms with Crippen LogP contribution in [0.15, 0.2) is 60.8 Å². The first-order chi connectivity index (χ1) is 8.38. The first kappa shape index (κ1) is 9.85. The number of fused-ring (bicyclic) bond motifs is 1. The normalized spacial score (nSPS) is 10.6. The molecule has 2 heteroatoms. The van der Waals surface area contributed by atoms with E-state index in [1.807, 2.05) is 36.4 Å². The molecule has 0 fully saturated rings. The van der Waals surface area contributed by atoms with Crippen LogP contribution < -0.4 is 0 Å². The summed E-state index contributed by atoms with van der Waals surface area (Å²) >= 11 is 0. The van der Waals surface area contributed by atoms with E-state index in [9.17, 15) is 4.79 Å². The molecule has 0 unspecified atom stereocenters. The van der Waals surface area contributed by atoms with Gasteiger partial charge in [-0.25, -0.2) is 0 Å². The van der Waals surface area contributed by atoms with Crippen molar-refractivity contribution in [1.29, 1.82) is 0 Å². The highest BCUT2D eigenvalue weighted by molar-refractivity contribution is 5.89. The molecule has 0 atom stereocenters. The lowest BCUT2D eigenvalue weighted by atomic mass is 10.0. The molecule has 3 rings (SSSR count). The van der Waals surface area contributed by atoms with Crippen molar-refractivity contribution in [1.82, 2.24) is 4.57 Å². The molecule has 0 aliphatic heterocycles. The maximum atomic E-state index is 10.9. The highest BCUT2D eigenvalue weighted by atomic mass is 16.1. The third-order valence-corrected chi connectivity index (χ3v) is 2.94. The van der Waals surface area contributed by atoms with Crippen molar-refractivity contribution in [3.05, 3.63) is 60.8 Å². The van der Waals surface area contributed by atoms with E-state index in [1.165, 1.54) is 0 Å². The minimum Gasteiger partial charge on any atom is -0.290 e. The zero-order valence-corrected chi connectivity index (χ0v) is 9.21. The van der Waals surface area contributed by atoms with Crippen LogP contribution in [0.1, 0.15) is 0 Å². The standard InChI is InChI=1S/C15H11NO/c17-11-16-9-8-13-6-7-14(10-15(13)16)12-4-2-1-3-5-12/h1-11H. The Morgan fingerprint density at radius 1 is 0.882 bits per heavy atom. The minimum absolute atomic E-state index is 0.830. The van der Waals surface area contributed by atoms with Crippen molar-refractivity contribution >= 4 is 17.3 Å². The molecule has 0 aliphatic carbocycles. The van der Waals surface area contributed by atoms with Crippen molar-refractivity contribution < 1.29 is 4.79 Å². The largest absolute Gasteiger partial charge is 0.290 e. The number of carbonyl (C=O) groups is 1. The fourth-order valence-corrected chi connectivity index (χ4v) is 2.05. The molecule has 17 heavy (non-hydrogen) atoms. The molecule has 1 aromatic heterocycles. The molecule has 0 saturated heterocycles. The Bertz CT molecular complexity index is 668. The Labute approximate surface area is 99.1 Å². The zero-order chi connectivity index (χ0) is 11.7. The van der Waals surface area contributed by atoms with Crippen molar-refractivity contribution in [3.63, 3.8) is 0 Å². The molecule has 1 heterocycles. The summed E-state index contributed by atoms with van der Waals surface area (Å²) in [6.45, 7) is 0. The second kappa shape index (κ2) is 3.91. The molecular weight excluding hydrogens is 210 g/mol. The van der Waals surface area contributed by atoms with E-state index in [2.05, 4.69) is 18.2 Å². The van der Waals surface area contributed by atoms with Crippen molar-refractivity contribution in [2.45, 2.75) is 0 Å². The molecule has 0 aliphatic rings. The summed E-state index contributed by atoms with van der Waals surface area (Å²) in [5, 5.41) is 1.08. The van der Waals surface area contributed by atoms with E-state index in [0.717, 1.165) is 28.4 Å². The molecule has 2 aromatic carbocycles. The summed E-state index contributed by atoms with van der Waals surface area (Å²) in [4.78, 5) is 10.9. The summed E-state index contributed by atoms with van der Waals surface area (Å²) in [6.07, 6.45) is 2.61. The lowest BCUT2D eigenvalue weighted by molar-refractivity contribution is 0.549. The van der Waals surface area contributed by atoms with E-state index in [1.54, 1.807) is 10.8 Å². The van der Waals surface area contributed by atoms with Crippen LogP contribution in [0, 0.1) is 0 Å². The van der Waals surface area contributed by atoms with Crippen molar-refractivity contribution in [2.75, 3.05) is 0 Å². The van der Waals surface area contributed by atoms with Crippen LogP contribution in [0.3, 0.4) is 0 Å². The number of hydrogen-bond donors (Lipinski definition) is 0. The van der Waals surface area contributed by atoms with E-state index >= 15 is 0 Å². The van der Waals surface area contributed by atoms with Gasteiger partial charge >= 0.3 is 0 Å². The van der Waals surface area contributed by atoms with Gasteiger partial charge < -0.3 is 0 Å². The molecular formula is C15H11NO. The number of aromatic nitrogens is 1. The molecule has 0 amide bonds. The Morgan fingerprint density at radius 3 is 2.47 bits per heavy atom. The van der Waals surface area contributed by atoms with Crippen LogP contribution in [0.2, 0.25) is 0 Å². The molecule has 3 aromatic rings. The van der Waals surface area contributed by atoms with E-state index < -0.39 is 0 Å². The number of carbonyl (C=O) groups excluding carboxylic acids is 1. The van der Waals surface area contributed by atoms with Gasteiger partial charge in [-0.3, -0.25) is 9.36 Å². The van der Waals surface area contributed by atoms with E-state index in [-0.39, 0.29) is 0 Å². The second-order valence-corrected chi connectivity index (χ2v) is 3.97. The second-order valence-electron chi connectivity index (χ2n) is 3.97. The fourth-order valence-electron chi connectivity index (χ4n) is 2.05. The summed E-state index contributed by atoms with van der Waals surface area (Å²) < 4.78 is 1.60. The summed E-state index contributed by atoms with van der Waals surface area (Å²) in [5.74, 6) is 0. The molecule has 0 radical (unpaired) electrons. The number of hydrogen-bond acceptors (Lipinski definition) is 1. The van der Waals surface area contributed by atoms with Gasteiger partial charge in [-0.05, 0) is 23.3 Å². The van der Waals surface area contributed by atoms with Crippen LogP contribution in [0.4, 0.5) is 0 Å². The molecule has 82 valence electrons. The van der Waals surface area contributed by atoms with Gasteiger partial charge in [0.05, 0.1) is 5.52 Å². The molecule has 0 N–H and O–H groups in total.